The van der Waals surface area contributed by atoms with Crippen LogP contribution in [0.15, 0.2) is 30.3 Å². The van der Waals surface area contributed by atoms with Gasteiger partial charge >= 0.3 is 0 Å². The number of aliphatic hydroxyl groups is 1. The van der Waals surface area contributed by atoms with Crippen LogP contribution in [0.1, 0.15) is 48.0 Å². The molecule has 164 valence electrons. The van der Waals surface area contributed by atoms with Gasteiger partial charge in [0.15, 0.2) is 6.73 Å². The Labute approximate surface area is 182 Å². The Morgan fingerprint density at radius 2 is 2.03 bits per heavy atom. The molecular weight excluding hydrogens is 392 g/mol. The number of carbonyl (C=O) groups excluding carboxylic acids is 1. The Bertz CT molecular complexity index is 1020. The molecule has 0 radical (unpaired) electrons. The van der Waals surface area contributed by atoms with E-state index in [0.29, 0.717) is 16.7 Å². The minimum atomic E-state index is -0.455. The van der Waals surface area contributed by atoms with E-state index in [-0.39, 0.29) is 18.7 Å². The Kier molecular flexibility index (Phi) is 4.70. The molecule has 4 aliphatic rings. The van der Waals surface area contributed by atoms with Gasteiger partial charge < -0.3 is 14.6 Å². The number of hydrogen-bond acceptors (Lipinski definition) is 5. The minimum Gasteiger partial charge on any atom is -0.472 e. The van der Waals surface area contributed by atoms with Crippen LogP contribution in [0.5, 0.6) is 5.75 Å². The summed E-state index contributed by atoms with van der Waals surface area (Å²) in [5.74, 6) is 0.677. The van der Waals surface area contributed by atoms with Gasteiger partial charge in [-0.1, -0.05) is 24.3 Å². The number of ether oxygens (including phenoxy) is 2. The molecule has 2 saturated heterocycles. The molecule has 6 rings (SSSR count). The zero-order valence-corrected chi connectivity index (χ0v) is 17.9. The lowest BCUT2D eigenvalue weighted by Gasteiger charge is -2.35. The second kappa shape index (κ2) is 7.47. The molecule has 3 atom stereocenters. The van der Waals surface area contributed by atoms with Crippen molar-refractivity contribution in [3.63, 3.8) is 0 Å². The van der Waals surface area contributed by atoms with Crippen molar-refractivity contribution in [2.24, 2.45) is 5.41 Å². The van der Waals surface area contributed by atoms with E-state index in [1.807, 2.05) is 12.1 Å². The molecule has 3 heterocycles. The molecule has 31 heavy (non-hydrogen) atoms. The van der Waals surface area contributed by atoms with Gasteiger partial charge in [-0.25, -0.2) is 0 Å². The van der Waals surface area contributed by atoms with Crippen molar-refractivity contribution in [2.75, 3.05) is 33.0 Å². The average Bonchev–Trinajstić information content (AvgIpc) is 3.52. The zero-order chi connectivity index (χ0) is 21.0. The number of benzene rings is 2. The number of nitrogens with zero attached hydrogens (tertiary/aromatic N) is 2. The molecule has 6 heteroatoms. The van der Waals surface area contributed by atoms with E-state index in [9.17, 15) is 9.90 Å². The number of fused-ring (bicyclic) bond motifs is 3. The Balaban J connectivity index is 1.35. The summed E-state index contributed by atoms with van der Waals surface area (Å²) in [6, 6.07) is 10.2. The van der Waals surface area contributed by atoms with Gasteiger partial charge in [-0.15, -0.1) is 0 Å². The first kappa shape index (κ1) is 19.5. The molecule has 1 spiro atoms. The van der Waals surface area contributed by atoms with Crippen molar-refractivity contribution >= 4 is 16.7 Å². The maximum atomic E-state index is 13.5. The molecule has 0 bridgehead atoms. The summed E-state index contributed by atoms with van der Waals surface area (Å²) in [6.45, 7) is 4.92. The fourth-order valence-corrected chi connectivity index (χ4v) is 6.12. The lowest BCUT2D eigenvalue weighted by Crippen LogP contribution is -2.48. The van der Waals surface area contributed by atoms with Crippen molar-refractivity contribution in [1.29, 1.82) is 0 Å². The van der Waals surface area contributed by atoms with Crippen LogP contribution in [0.4, 0.5) is 0 Å². The van der Waals surface area contributed by atoms with Crippen LogP contribution < -0.4 is 4.74 Å². The predicted octanol–water partition coefficient (Wildman–Crippen LogP) is 3.16. The zero-order valence-electron chi connectivity index (χ0n) is 17.9. The largest absolute Gasteiger partial charge is 0.472 e. The van der Waals surface area contributed by atoms with Gasteiger partial charge in [-0.2, -0.15) is 0 Å². The molecular formula is C25H30N2O4. The highest BCUT2D eigenvalue weighted by Gasteiger charge is 2.42. The molecule has 6 nitrogen and oxygen atoms in total. The highest BCUT2D eigenvalue weighted by molar-refractivity contribution is 6.06. The van der Waals surface area contributed by atoms with Gasteiger partial charge in [-0.05, 0) is 55.7 Å². The normalized spacial score (nSPS) is 31.0. The van der Waals surface area contributed by atoms with Crippen LogP contribution in [-0.2, 0) is 11.3 Å². The highest BCUT2D eigenvalue weighted by atomic mass is 16.5. The third-order valence-electron chi connectivity index (χ3n) is 7.86. The summed E-state index contributed by atoms with van der Waals surface area (Å²) >= 11 is 0. The maximum Gasteiger partial charge on any atom is 0.260 e. The summed E-state index contributed by atoms with van der Waals surface area (Å²) in [5, 5.41) is 12.5. The van der Waals surface area contributed by atoms with Gasteiger partial charge in [0.2, 0.25) is 0 Å². The van der Waals surface area contributed by atoms with Gasteiger partial charge in [0, 0.05) is 30.5 Å². The van der Waals surface area contributed by atoms with Crippen LogP contribution in [0.2, 0.25) is 0 Å². The summed E-state index contributed by atoms with van der Waals surface area (Å²) in [5.41, 5.74) is 2.13. The molecule has 0 aromatic heterocycles. The molecule has 2 aromatic rings. The van der Waals surface area contributed by atoms with Crippen molar-refractivity contribution in [3.8, 4) is 5.75 Å². The number of aliphatic hydroxyl groups excluding tert-OH is 1. The van der Waals surface area contributed by atoms with E-state index >= 15 is 0 Å². The van der Waals surface area contributed by atoms with E-state index in [1.54, 1.807) is 4.90 Å². The smallest absolute Gasteiger partial charge is 0.260 e. The Morgan fingerprint density at radius 1 is 1.16 bits per heavy atom. The van der Waals surface area contributed by atoms with Crippen molar-refractivity contribution < 1.29 is 19.4 Å². The van der Waals surface area contributed by atoms with E-state index in [0.717, 1.165) is 69.3 Å². The second-order valence-electron chi connectivity index (χ2n) is 9.84. The fraction of sp³-hybridized carbons (Fsp3) is 0.560. The molecule has 2 aromatic carbocycles. The SMILES string of the molecule is O=C1c2cc(CN3CCC4(CCOC4)C3)c3ccccc3c2OCN1[C@H]1CCC[C@@H]1O. The number of likely N-dealkylation sites (tertiary alicyclic amines) is 1. The lowest BCUT2D eigenvalue weighted by molar-refractivity contribution is 0.0132. The Morgan fingerprint density at radius 3 is 2.81 bits per heavy atom. The first-order valence-electron chi connectivity index (χ1n) is 11.6. The lowest BCUT2D eigenvalue weighted by atomic mass is 9.87. The van der Waals surface area contributed by atoms with Crippen molar-refractivity contribution in [1.82, 2.24) is 9.80 Å². The molecule has 1 aliphatic carbocycles. The molecule has 3 fully saturated rings. The molecule has 1 amide bonds. The maximum absolute atomic E-state index is 13.5. The van der Waals surface area contributed by atoms with Crippen LogP contribution >= 0.6 is 0 Å². The topological polar surface area (TPSA) is 62.2 Å². The van der Waals surface area contributed by atoms with E-state index in [1.165, 1.54) is 12.0 Å². The quantitative estimate of drug-likeness (QED) is 0.823. The standard InChI is InChI=1S/C25H30N2O4/c28-22-7-3-6-21(22)27-16-31-23-19-5-2-1-4-18(19)17(12-20(23)24(27)29)13-26-10-8-25(14-26)9-11-30-15-25/h1-2,4-5,12,21-22,28H,3,6-11,13-16H2/t21-,22-,25?/m0/s1. The number of amides is 1. The van der Waals surface area contributed by atoms with Gasteiger partial charge in [-0.3, -0.25) is 14.6 Å². The van der Waals surface area contributed by atoms with Crippen LogP contribution in [-0.4, -0.2) is 66.0 Å². The summed E-state index contributed by atoms with van der Waals surface area (Å²) in [7, 11) is 0. The summed E-state index contributed by atoms with van der Waals surface area (Å²) < 4.78 is 11.8. The summed E-state index contributed by atoms with van der Waals surface area (Å²) in [4.78, 5) is 17.7. The third kappa shape index (κ3) is 3.23. The number of carbonyl (C=O) groups is 1. The van der Waals surface area contributed by atoms with Crippen molar-refractivity contribution in [3.05, 3.63) is 41.5 Å². The number of hydrogen-bond donors (Lipinski definition) is 1. The monoisotopic (exact) mass is 422 g/mol. The van der Waals surface area contributed by atoms with E-state index < -0.39 is 6.10 Å². The minimum absolute atomic E-state index is 0.0127. The fourth-order valence-electron chi connectivity index (χ4n) is 6.12. The number of rotatable bonds is 3. The highest BCUT2D eigenvalue weighted by Crippen LogP contribution is 2.41. The first-order valence-corrected chi connectivity index (χ1v) is 11.6. The van der Waals surface area contributed by atoms with Crippen LogP contribution in [0.25, 0.3) is 10.8 Å². The average molecular weight is 423 g/mol. The third-order valence-corrected chi connectivity index (χ3v) is 7.86. The molecule has 1 N–H and O–H groups in total. The van der Waals surface area contributed by atoms with Gasteiger partial charge in [0.05, 0.1) is 24.3 Å². The van der Waals surface area contributed by atoms with Gasteiger partial charge in [0.1, 0.15) is 5.75 Å². The van der Waals surface area contributed by atoms with Crippen LogP contribution in [0, 0.1) is 5.41 Å². The molecule has 1 saturated carbocycles. The second-order valence-corrected chi connectivity index (χ2v) is 9.84. The molecule has 1 unspecified atom stereocenters. The van der Waals surface area contributed by atoms with Crippen molar-refractivity contribution in [2.45, 2.75) is 50.8 Å². The van der Waals surface area contributed by atoms with Gasteiger partial charge in [0.25, 0.3) is 5.91 Å². The van der Waals surface area contributed by atoms with Crippen LogP contribution in [0.3, 0.4) is 0 Å². The Hall–Kier alpha value is -2.15. The first-order chi connectivity index (χ1) is 15.1. The van der Waals surface area contributed by atoms with E-state index in [4.69, 9.17) is 9.47 Å². The predicted molar refractivity (Wildman–Crippen MR) is 117 cm³/mol. The summed E-state index contributed by atoms with van der Waals surface area (Å²) in [6.07, 6.45) is 4.43. The van der Waals surface area contributed by atoms with E-state index in [2.05, 4.69) is 23.1 Å². The molecule has 3 aliphatic heterocycles.